The van der Waals surface area contributed by atoms with Crippen LogP contribution in [-0.2, 0) is 9.84 Å². The van der Waals surface area contributed by atoms with Crippen LogP contribution in [0, 0.1) is 11.5 Å². The molecule has 8 heteroatoms. The summed E-state index contributed by atoms with van der Waals surface area (Å²) in [5, 5.41) is 9.04. The van der Waals surface area contributed by atoms with Gasteiger partial charge >= 0.3 is 0 Å². The average molecular weight is 380 g/mol. The summed E-state index contributed by atoms with van der Waals surface area (Å²) in [6.45, 7) is 0. The Morgan fingerprint density at radius 1 is 1.12 bits per heavy atom. The number of hydrogen-bond acceptors (Lipinski definition) is 5. The second-order valence-electron chi connectivity index (χ2n) is 4.82. The van der Waals surface area contributed by atoms with Crippen molar-refractivity contribution in [1.29, 1.82) is 5.26 Å². The number of nitrogens with zero attached hydrogens (tertiary/aromatic N) is 3. The molecule has 0 bridgehead atoms. The maximum Gasteiger partial charge on any atom is 0.208 e. The second kappa shape index (κ2) is 7.71. The van der Waals surface area contributed by atoms with Gasteiger partial charge in [0.05, 0.1) is 10.6 Å². The van der Waals surface area contributed by atoms with Crippen molar-refractivity contribution < 1.29 is 8.42 Å². The largest absolute Gasteiger partial charge is 0.230 e. The fourth-order valence-corrected chi connectivity index (χ4v) is 3.39. The molecule has 5 nitrogen and oxygen atoms in total. The van der Waals surface area contributed by atoms with Crippen molar-refractivity contribution in [1.82, 2.24) is 0 Å². The molecule has 124 valence electrons. The van der Waals surface area contributed by atoms with Crippen molar-refractivity contribution in [3.05, 3.63) is 48.5 Å². The summed E-state index contributed by atoms with van der Waals surface area (Å²) in [7, 11) is -3.20. The van der Waals surface area contributed by atoms with E-state index in [0.29, 0.717) is 10.9 Å². The number of anilines is 1. The Balaban J connectivity index is 2.27. The SMILES string of the molecule is CSC(=NC#N)N(Cl)c1ccc(-c2ccc(S(C)(=O)=O)cc2)cc1. The normalized spacial score (nSPS) is 11.8. The Hall–Kier alpha value is -2.01. The molecule has 0 amide bonds. The molecule has 0 fully saturated rings. The lowest BCUT2D eigenvalue weighted by atomic mass is 10.1. The van der Waals surface area contributed by atoms with Gasteiger partial charge in [-0.3, -0.25) is 0 Å². The molecule has 2 aromatic carbocycles. The van der Waals surface area contributed by atoms with Gasteiger partial charge in [-0.05, 0) is 41.6 Å². The first kappa shape index (κ1) is 18.3. The van der Waals surface area contributed by atoms with Crippen LogP contribution in [0.15, 0.2) is 58.4 Å². The first-order valence-corrected chi connectivity index (χ1v) is 10.2. The van der Waals surface area contributed by atoms with E-state index in [1.165, 1.54) is 22.4 Å². The lowest BCUT2D eigenvalue weighted by molar-refractivity contribution is 0.602. The maximum absolute atomic E-state index is 11.5. The van der Waals surface area contributed by atoms with Crippen LogP contribution in [0.3, 0.4) is 0 Å². The van der Waals surface area contributed by atoms with E-state index in [4.69, 9.17) is 17.0 Å². The predicted octanol–water partition coefficient (Wildman–Crippen LogP) is 3.92. The van der Waals surface area contributed by atoms with Crippen LogP contribution in [0.5, 0.6) is 0 Å². The van der Waals surface area contributed by atoms with Gasteiger partial charge in [-0.15, -0.1) is 4.99 Å². The molecule has 2 aromatic rings. The van der Waals surface area contributed by atoms with Gasteiger partial charge in [0.2, 0.25) is 6.19 Å². The molecule has 0 aromatic heterocycles. The zero-order chi connectivity index (χ0) is 17.7. The fourth-order valence-electron chi connectivity index (χ4n) is 2.00. The lowest BCUT2D eigenvalue weighted by Gasteiger charge is -2.15. The molecule has 2 rings (SSSR count). The molecule has 0 aliphatic carbocycles. The van der Waals surface area contributed by atoms with Gasteiger partial charge in [0.25, 0.3) is 0 Å². The Kier molecular flexibility index (Phi) is 5.89. The number of nitriles is 1. The van der Waals surface area contributed by atoms with Gasteiger partial charge in [0.1, 0.15) is 0 Å². The van der Waals surface area contributed by atoms with Crippen molar-refractivity contribution in [3.63, 3.8) is 0 Å². The summed E-state index contributed by atoms with van der Waals surface area (Å²) >= 11 is 7.45. The Labute approximate surface area is 150 Å². The van der Waals surface area contributed by atoms with Gasteiger partial charge in [-0.2, -0.15) is 5.26 Å². The van der Waals surface area contributed by atoms with Crippen LogP contribution < -0.4 is 4.42 Å². The van der Waals surface area contributed by atoms with Crippen molar-refractivity contribution in [2.75, 3.05) is 16.9 Å². The quantitative estimate of drug-likeness (QED) is 0.350. The molecular weight excluding hydrogens is 366 g/mol. The minimum absolute atomic E-state index is 0.284. The second-order valence-corrected chi connectivity index (χ2v) is 7.95. The van der Waals surface area contributed by atoms with E-state index < -0.39 is 9.84 Å². The summed E-state index contributed by atoms with van der Waals surface area (Å²) in [6.07, 6.45) is 4.68. The first-order valence-electron chi connectivity index (χ1n) is 6.74. The minimum atomic E-state index is -3.20. The third-order valence-corrected chi connectivity index (χ3v) is 5.43. The molecule has 0 spiro atoms. The lowest BCUT2D eigenvalue weighted by Crippen LogP contribution is -2.16. The van der Waals surface area contributed by atoms with Crippen molar-refractivity contribution >= 4 is 44.2 Å². The zero-order valence-corrected chi connectivity index (χ0v) is 15.4. The number of sulfone groups is 1. The van der Waals surface area contributed by atoms with E-state index in [1.54, 1.807) is 48.8 Å². The van der Waals surface area contributed by atoms with E-state index in [9.17, 15) is 8.42 Å². The number of benzene rings is 2. The average Bonchev–Trinajstić information content (AvgIpc) is 2.58. The minimum Gasteiger partial charge on any atom is -0.230 e. The summed E-state index contributed by atoms with van der Waals surface area (Å²) in [4.78, 5) is 3.94. The summed E-state index contributed by atoms with van der Waals surface area (Å²) in [6, 6.07) is 14.0. The summed E-state index contributed by atoms with van der Waals surface area (Å²) in [5.74, 6) is 0. The fraction of sp³-hybridized carbons (Fsp3) is 0.125. The van der Waals surface area contributed by atoms with Crippen molar-refractivity contribution in [2.24, 2.45) is 4.99 Å². The van der Waals surface area contributed by atoms with E-state index in [-0.39, 0.29) is 4.90 Å². The highest BCUT2D eigenvalue weighted by molar-refractivity contribution is 8.13. The van der Waals surface area contributed by atoms with Gasteiger partial charge in [-0.1, -0.05) is 36.0 Å². The molecule has 0 saturated carbocycles. The zero-order valence-electron chi connectivity index (χ0n) is 13.0. The predicted molar refractivity (Wildman–Crippen MR) is 99.9 cm³/mol. The van der Waals surface area contributed by atoms with Crippen LogP contribution in [0.2, 0.25) is 0 Å². The van der Waals surface area contributed by atoms with Gasteiger partial charge < -0.3 is 0 Å². The number of rotatable bonds is 3. The van der Waals surface area contributed by atoms with Crippen LogP contribution >= 0.6 is 23.5 Å². The highest BCUT2D eigenvalue weighted by atomic mass is 35.5. The van der Waals surface area contributed by atoms with E-state index in [0.717, 1.165) is 11.1 Å². The Morgan fingerprint density at radius 2 is 1.62 bits per heavy atom. The molecule has 0 radical (unpaired) electrons. The third kappa shape index (κ3) is 4.29. The first-order chi connectivity index (χ1) is 11.4. The maximum atomic E-state index is 11.5. The number of thioether (sulfide) groups is 1. The molecule has 0 atom stereocenters. The molecule has 24 heavy (non-hydrogen) atoms. The highest BCUT2D eigenvalue weighted by Gasteiger charge is 2.11. The molecule has 0 saturated heterocycles. The highest BCUT2D eigenvalue weighted by Crippen LogP contribution is 2.26. The van der Waals surface area contributed by atoms with E-state index in [2.05, 4.69) is 4.99 Å². The third-order valence-electron chi connectivity index (χ3n) is 3.21. The van der Waals surface area contributed by atoms with Crippen LogP contribution in [-0.4, -0.2) is 26.1 Å². The van der Waals surface area contributed by atoms with Crippen molar-refractivity contribution in [2.45, 2.75) is 4.90 Å². The molecule has 0 heterocycles. The Morgan fingerprint density at radius 3 is 2.04 bits per heavy atom. The van der Waals surface area contributed by atoms with E-state index in [1.807, 2.05) is 12.1 Å². The number of hydrogen-bond donors (Lipinski definition) is 0. The van der Waals surface area contributed by atoms with Gasteiger partial charge in [0, 0.05) is 18.0 Å². The Bertz CT molecular complexity index is 886. The van der Waals surface area contributed by atoms with Gasteiger partial charge in [0.15, 0.2) is 15.0 Å². The number of amidine groups is 1. The van der Waals surface area contributed by atoms with Crippen molar-refractivity contribution in [3.8, 4) is 17.3 Å². The monoisotopic (exact) mass is 379 g/mol. The number of aliphatic imine (C=N–C) groups is 1. The number of halogens is 1. The molecule has 0 aliphatic rings. The summed E-state index contributed by atoms with van der Waals surface area (Å²) in [5.41, 5.74) is 2.49. The summed E-state index contributed by atoms with van der Waals surface area (Å²) < 4.78 is 24.3. The molecule has 0 aliphatic heterocycles. The van der Waals surface area contributed by atoms with Crippen LogP contribution in [0.4, 0.5) is 5.69 Å². The smallest absolute Gasteiger partial charge is 0.208 e. The molecule has 0 unspecified atom stereocenters. The van der Waals surface area contributed by atoms with E-state index >= 15 is 0 Å². The van der Waals surface area contributed by atoms with Gasteiger partial charge in [-0.25, -0.2) is 12.8 Å². The molecular formula is C16H14ClN3O2S2. The topological polar surface area (TPSA) is 73.5 Å². The van der Waals surface area contributed by atoms with Crippen LogP contribution in [0.25, 0.3) is 11.1 Å². The standard InChI is InChI=1S/C16H14ClN3O2S2/c1-23-16(19-11-18)20(17)14-7-3-12(4-8-14)13-5-9-15(10-6-13)24(2,21)22/h3-10H,1-2H3. The van der Waals surface area contributed by atoms with Crippen LogP contribution in [0.1, 0.15) is 0 Å². The molecule has 0 N–H and O–H groups in total.